The minimum Gasteiger partial charge on any atom is -0.481 e. The molecule has 0 aliphatic rings. The third-order valence-electron chi connectivity index (χ3n) is 3.56. The monoisotopic (exact) mass is 329 g/mol. The summed E-state index contributed by atoms with van der Waals surface area (Å²) in [6, 6.07) is 9.65. The van der Waals surface area contributed by atoms with Crippen LogP contribution in [-0.4, -0.2) is 26.8 Å². The van der Waals surface area contributed by atoms with Crippen LogP contribution in [0.4, 0.5) is 5.82 Å². The highest BCUT2D eigenvalue weighted by Crippen LogP contribution is 2.26. The summed E-state index contributed by atoms with van der Waals surface area (Å²) in [4.78, 5) is 22.6. The fourth-order valence-corrected chi connectivity index (χ4v) is 2.22. The van der Waals surface area contributed by atoms with Gasteiger partial charge in [0, 0.05) is 17.9 Å². The first-order chi connectivity index (χ1) is 11.2. The van der Waals surface area contributed by atoms with Gasteiger partial charge < -0.3 is 10.4 Å². The van der Waals surface area contributed by atoms with E-state index in [-0.39, 0.29) is 24.2 Å². The van der Waals surface area contributed by atoms with E-state index in [9.17, 15) is 9.59 Å². The number of aryl methyl sites for hydroxylation is 1. The molecule has 128 valence electrons. The van der Waals surface area contributed by atoms with Gasteiger partial charge in [0.25, 0.3) is 0 Å². The molecule has 0 spiro atoms. The number of nitrogens with zero attached hydrogens (tertiary/aromatic N) is 2. The van der Waals surface area contributed by atoms with Crippen molar-refractivity contribution in [1.82, 2.24) is 9.78 Å². The van der Waals surface area contributed by atoms with Gasteiger partial charge in [0.2, 0.25) is 5.91 Å². The number of carbonyl (C=O) groups is 2. The van der Waals surface area contributed by atoms with E-state index < -0.39 is 5.97 Å². The van der Waals surface area contributed by atoms with E-state index >= 15 is 0 Å². The minimum atomic E-state index is -0.993. The lowest BCUT2D eigenvalue weighted by atomic mass is 9.92. The number of benzene rings is 1. The van der Waals surface area contributed by atoms with Gasteiger partial charge in [-0.05, 0) is 24.6 Å². The number of carboxylic acids is 1. The zero-order chi connectivity index (χ0) is 17.9. The van der Waals surface area contributed by atoms with E-state index in [2.05, 4.69) is 10.4 Å². The molecular formula is C18H23N3O3. The lowest BCUT2D eigenvalue weighted by Gasteiger charge is -2.14. The van der Waals surface area contributed by atoms with Gasteiger partial charge in [0.1, 0.15) is 5.82 Å². The van der Waals surface area contributed by atoms with Gasteiger partial charge in [-0.1, -0.05) is 32.9 Å². The van der Waals surface area contributed by atoms with E-state index in [4.69, 9.17) is 5.11 Å². The van der Waals surface area contributed by atoms with Gasteiger partial charge >= 0.3 is 5.97 Å². The molecule has 0 saturated heterocycles. The Bertz CT molecular complexity index is 757. The van der Waals surface area contributed by atoms with Crippen molar-refractivity contribution in [3.05, 3.63) is 41.6 Å². The molecule has 24 heavy (non-hydrogen) atoms. The number of aromatic nitrogens is 2. The van der Waals surface area contributed by atoms with Crippen molar-refractivity contribution < 1.29 is 14.7 Å². The molecule has 0 aliphatic carbocycles. The summed E-state index contributed by atoms with van der Waals surface area (Å²) in [6.45, 7) is 8.13. The zero-order valence-corrected chi connectivity index (χ0v) is 14.5. The standard InChI is InChI=1S/C18H23N3O3/c1-12-6-5-7-13(10-12)21-15(11-14(20-21)18(2,3)4)19-16(22)8-9-17(23)24/h5-7,10-11H,8-9H2,1-4H3,(H,19,22)(H,23,24). The number of rotatable bonds is 5. The number of nitrogens with one attached hydrogen (secondary N) is 1. The zero-order valence-electron chi connectivity index (χ0n) is 14.5. The van der Waals surface area contributed by atoms with Crippen LogP contribution >= 0.6 is 0 Å². The summed E-state index contributed by atoms with van der Waals surface area (Å²) in [5.74, 6) is -0.791. The number of amides is 1. The molecule has 1 aromatic carbocycles. The number of hydrogen-bond donors (Lipinski definition) is 2. The summed E-state index contributed by atoms with van der Waals surface area (Å²) >= 11 is 0. The van der Waals surface area contributed by atoms with Crippen LogP contribution in [0, 0.1) is 6.92 Å². The molecule has 6 heteroatoms. The highest BCUT2D eigenvalue weighted by molar-refractivity contribution is 5.92. The molecule has 0 unspecified atom stereocenters. The summed E-state index contributed by atoms with van der Waals surface area (Å²) in [7, 11) is 0. The number of anilines is 1. The van der Waals surface area contributed by atoms with Crippen LogP contribution in [0.15, 0.2) is 30.3 Å². The highest BCUT2D eigenvalue weighted by atomic mass is 16.4. The Kier molecular flexibility index (Phi) is 5.07. The van der Waals surface area contributed by atoms with Gasteiger partial charge in [-0.25, -0.2) is 4.68 Å². The molecule has 2 rings (SSSR count). The van der Waals surface area contributed by atoms with E-state index in [0.29, 0.717) is 5.82 Å². The van der Waals surface area contributed by atoms with Gasteiger partial charge in [0.15, 0.2) is 0 Å². The average molecular weight is 329 g/mol. The number of aliphatic carboxylic acids is 1. The van der Waals surface area contributed by atoms with Crippen molar-refractivity contribution in [3.63, 3.8) is 0 Å². The quantitative estimate of drug-likeness (QED) is 0.881. The van der Waals surface area contributed by atoms with Gasteiger partial charge in [0.05, 0.1) is 17.8 Å². The fourth-order valence-electron chi connectivity index (χ4n) is 2.22. The van der Waals surface area contributed by atoms with Crippen LogP contribution in [0.3, 0.4) is 0 Å². The molecule has 2 aromatic rings. The molecule has 2 N–H and O–H groups in total. The maximum Gasteiger partial charge on any atom is 0.303 e. The molecular weight excluding hydrogens is 306 g/mol. The van der Waals surface area contributed by atoms with Crippen molar-refractivity contribution in [2.75, 3.05) is 5.32 Å². The molecule has 0 radical (unpaired) electrons. The normalized spacial score (nSPS) is 11.3. The first-order valence-electron chi connectivity index (χ1n) is 7.86. The smallest absolute Gasteiger partial charge is 0.303 e. The Labute approximate surface area is 141 Å². The van der Waals surface area contributed by atoms with Crippen LogP contribution in [-0.2, 0) is 15.0 Å². The van der Waals surface area contributed by atoms with E-state index in [0.717, 1.165) is 16.9 Å². The molecule has 1 heterocycles. The first-order valence-corrected chi connectivity index (χ1v) is 7.86. The van der Waals surface area contributed by atoms with Crippen molar-refractivity contribution in [3.8, 4) is 5.69 Å². The Hall–Kier alpha value is -2.63. The molecule has 0 aliphatic heterocycles. The minimum absolute atomic E-state index is 0.0703. The third kappa shape index (κ3) is 4.44. The SMILES string of the molecule is Cc1cccc(-n2nc(C(C)(C)C)cc2NC(=O)CCC(=O)O)c1. The highest BCUT2D eigenvalue weighted by Gasteiger charge is 2.21. The molecule has 6 nitrogen and oxygen atoms in total. The molecule has 0 atom stereocenters. The van der Waals surface area contributed by atoms with Crippen LogP contribution in [0.2, 0.25) is 0 Å². The second kappa shape index (κ2) is 6.86. The summed E-state index contributed by atoms with van der Waals surface area (Å²) in [5, 5.41) is 16.1. The third-order valence-corrected chi connectivity index (χ3v) is 3.56. The Morgan fingerprint density at radius 3 is 2.50 bits per heavy atom. The predicted molar refractivity (Wildman–Crippen MR) is 92.5 cm³/mol. The fraction of sp³-hybridized carbons (Fsp3) is 0.389. The van der Waals surface area contributed by atoms with Crippen LogP contribution < -0.4 is 5.32 Å². The van der Waals surface area contributed by atoms with E-state index in [1.807, 2.05) is 58.0 Å². The van der Waals surface area contributed by atoms with E-state index in [1.165, 1.54) is 0 Å². The second-order valence-electron chi connectivity index (χ2n) is 6.86. The number of hydrogen-bond acceptors (Lipinski definition) is 3. The number of carboxylic acid groups (broad SMARTS) is 1. The summed E-state index contributed by atoms with van der Waals surface area (Å²) < 4.78 is 1.69. The molecule has 0 bridgehead atoms. The van der Waals surface area contributed by atoms with Gasteiger partial charge in [-0.15, -0.1) is 0 Å². The van der Waals surface area contributed by atoms with Crippen LogP contribution in [0.1, 0.15) is 44.9 Å². The first kappa shape index (κ1) is 17.7. The van der Waals surface area contributed by atoms with Crippen LogP contribution in [0.5, 0.6) is 0 Å². The maximum atomic E-state index is 12.0. The average Bonchev–Trinajstić information content (AvgIpc) is 2.89. The van der Waals surface area contributed by atoms with Crippen molar-refractivity contribution in [1.29, 1.82) is 0 Å². The van der Waals surface area contributed by atoms with Crippen molar-refractivity contribution in [2.24, 2.45) is 0 Å². The Balaban J connectivity index is 2.36. The van der Waals surface area contributed by atoms with Crippen molar-refractivity contribution >= 4 is 17.7 Å². The molecule has 1 aromatic heterocycles. The number of carbonyl (C=O) groups excluding carboxylic acids is 1. The topological polar surface area (TPSA) is 84.2 Å². The second-order valence-corrected chi connectivity index (χ2v) is 6.86. The summed E-state index contributed by atoms with van der Waals surface area (Å²) in [6.07, 6.45) is -0.268. The van der Waals surface area contributed by atoms with Crippen molar-refractivity contribution in [2.45, 2.75) is 46.0 Å². The van der Waals surface area contributed by atoms with Gasteiger partial charge in [-0.2, -0.15) is 5.10 Å². The van der Waals surface area contributed by atoms with Gasteiger partial charge in [-0.3, -0.25) is 9.59 Å². The molecule has 0 fully saturated rings. The summed E-state index contributed by atoms with van der Waals surface area (Å²) in [5.41, 5.74) is 2.61. The van der Waals surface area contributed by atoms with E-state index in [1.54, 1.807) is 4.68 Å². The predicted octanol–water partition coefficient (Wildman–Crippen LogP) is 3.28. The Morgan fingerprint density at radius 2 is 1.92 bits per heavy atom. The maximum absolute atomic E-state index is 12.0. The molecule has 1 amide bonds. The lowest BCUT2D eigenvalue weighted by molar-refractivity contribution is -0.138. The Morgan fingerprint density at radius 1 is 1.21 bits per heavy atom. The lowest BCUT2D eigenvalue weighted by Crippen LogP contribution is -2.16. The molecule has 0 saturated carbocycles. The largest absolute Gasteiger partial charge is 0.481 e. The van der Waals surface area contributed by atoms with Crippen LogP contribution in [0.25, 0.3) is 5.69 Å².